The van der Waals surface area contributed by atoms with E-state index in [1.807, 2.05) is 21.9 Å². The number of nitrogens with zero attached hydrogens (tertiary/aromatic N) is 7. The second kappa shape index (κ2) is 15.3. The van der Waals surface area contributed by atoms with Gasteiger partial charge in [0.05, 0.1) is 42.9 Å². The minimum Gasteiger partial charge on any atom is -0.378 e. The van der Waals surface area contributed by atoms with Gasteiger partial charge in [-0.25, -0.2) is 9.78 Å². The maximum atomic E-state index is 12.9. The van der Waals surface area contributed by atoms with Gasteiger partial charge in [0.15, 0.2) is 0 Å². The van der Waals surface area contributed by atoms with Gasteiger partial charge >= 0.3 is 11.4 Å². The number of aryl methyl sites for hydroxylation is 1. The van der Waals surface area contributed by atoms with E-state index in [4.69, 9.17) is 42.6 Å². The predicted molar refractivity (Wildman–Crippen MR) is 178 cm³/mol. The number of likely N-dealkylation sites (tertiary alicyclic amines) is 1. The Labute approximate surface area is 281 Å². The van der Waals surface area contributed by atoms with E-state index in [0.29, 0.717) is 89.6 Å². The summed E-state index contributed by atoms with van der Waals surface area (Å²) in [6.07, 6.45) is 1.53. The molecule has 250 valence electrons. The Morgan fingerprint density at radius 2 is 1.46 bits per heavy atom. The van der Waals surface area contributed by atoms with Crippen molar-refractivity contribution in [3.8, 4) is 0 Å². The first kappa shape index (κ1) is 33.0. The number of rotatable bonds is 4. The van der Waals surface area contributed by atoms with Crippen LogP contribution in [-0.2, 0) is 26.7 Å². The van der Waals surface area contributed by atoms with Gasteiger partial charge in [-0.3, -0.25) is 9.00 Å². The molecule has 0 radical (unpaired) electrons. The van der Waals surface area contributed by atoms with E-state index < -0.39 is 10.8 Å². The molecule has 5 aliphatic rings. The van der Waals surface area contributed by atoms with Crippen LogP contribution in [0.1, 0.15) is 12.1 Å². The molecule has 1 unspecified atom stereocenters. The summed E-state index contributed by atoms with van der Waals surface area (Å²) in [4.78, 5) is 43.7. The van der Waals surface area contributed by atoms with Crippen molar-refractivity contribution >= 4 is 62.9 Å². The number of fused-ring (bicyclic) bond motifs is 1. The van der Waals surface area contributed by atoms with Crippen LogP contribution in [0.5, 0.6) is 0 Å². The molecule has 1 aromatic carbocycles. The SMILES string of the molecule is O=C(Cl)N1CCOCC1.O=C(N1CCOCC1)N1CC[C@@H](Nc2nc(N3CCN(c4ccc(Cl)cc4)CC3)nc3c2S(=O)CC3)C1. The van der Waals surface area contributed by atoms with Gasteiger partial charge in [-0.2, -0.15) is 4.98 Å². The summed E-state index contributed by atoms with van der Waals surface area (Å²) in [5, 5.41) is 3.91. The van der Waals surface area contributed by atoms with Crippen molar-refractivity contribution < 1.29 is 23.3 Å². The number of carbonyl (C=O) groups is 2. The molecule has 1 N–H and O–H groups in total. The normalized spacial score (nSPS) is 23.1. The molecule has 16 heteroatoms. The van der Waals surface area contributed by atoms with E-state index in [0.717, 1.165) is 53.9 Å². The third kappa shape index (κ3) is 7.96. The van der Waals surface area contributed by atoms with Crippen molar-refractivity contribution in [2.24, 2.45) is 0 Å². The van der Waals surface area contributed by atoms with Crippen LogP contribution in [0.15, 0.2) is 29.2 Å². The number of benzene rings is 1. The van der Waals surface area contributed by atoms with Gasteiger partial charge in [0.25, 0.3) is 0 Å². The fourth-order valence-electron chi connectivity index (χ4n) is 6.18. The van der Waals surface area contributed by atoms with Crippen LogP contribution in [0.4, 0.5) is 27.0 Å². The first-order chi connectivity index (χ1) is 22.4. The van der Waals surface area contributed by atoms with Crippen molar-refractivity contribution in [2.45, 2.75) is 23.8 Å². The molecule has 0 bridgehead atoms. The lowest BCUT2D eigenvalue weighted by molar-refractivity contribution is 0.0451. The molecule has 0 aliphatic carbocycles. The molecular formula is C30H40Cl2N8O5S. The van der Waals surface area contributed by atoms with Crippen LogP contribution >= 0.6 is 23.2 Å². The molecule has 7 rings (SSSR count). The van der Waals surface area contributed by atoms with Crippen molar-refractivity contribution in [3.63, 3.8) is 0 Å². The minimum atomic E-state index is -1.10. The average Bonchev–Trinajstić information content (AvgIpc) is 3.72. The lowest BCUT2D eigenvalue weighted by atomic mass is 10.2. The monoisotopic (exact) mass is 694 g/mol. The number of carbonyl (C=O) groups excluding carboxylic acids is 2. The number of ether oxygens (including phenoxy) is 2. The van der Waals surface area contributed by atoms with E-state index in [2.05, 4.69) is 27.2 Å². The first-order valence-electron chi connectivity index (χ1n) is 15.8. The van der Waals surface area contributed by atoms with Crippen LogP contribution in [0.25, 0.3) is 0 Å². The van der Waals surface area contributed by atoms with Crippen molar-refractivity contribution in [1.29, 1.82) is 0 Å². The van der Waals surface area contributed by atoms with Gasteiger partial charge in [0.2, 0.25) is 5.95 Å². The summed E-state index contributed by atoms with van der Waals surface area (Å²) in [7, 11) is -1.10. The molecule has 0 saturated carbocycles. The lowest BCUT2D eigenvalue weighted by Crippen LogP contribution is -2.48. The van der Waals surface area contributed by atoms with Gasteiger partial charge < -0.3 is 39.3 Å². The summed E-state index contributed by atoms with van der Waals surface area (Å²) in [6.45, 7) is 9.57. The van der Waals surface area contributed by atoms with Crippen LogP contribution in [-0.4, -0.2) is 144 Å². The maximum Gasteiger partial charge on any atom is 0.320 e. The zero-order valence-electron chi connectivity index (χ0n) is 25.7. The Bertz CT molecular complexity index is 1400. The number of nitrogens with one attached hydrogen (secondary N) is 1. The summed E-state index contributed by atoms with van der Waals surface area (Å²) < 4.78 is 23.2. The standard InChI is InChI=1S/C25H32ClN7O3S.C5H8ClNO2/c26-18-1-3-20(4-2-18)30-8-10-31(11-9-30)24-28-21-6-16-37(35)22(21)23(29-24)27-19-5-7-33(17-19)25(34)32-12-14-36-15-13-32;6-5(8)7-1-3-9-4-2-7/h1-4,19H,5-17H2,(H,27,28,29);1-4H2/t19-,37?;/m1./s1. The van der Waals surface area contributed by atoms with Crippen LogP contribution in [0.3, 0.4) is 0 Å². The number of piperazine rings is 1. The Balaban J connectivity index is 0.000000358. The zero-order valence-corrected chi connectivity index (χ0v) is 28.1. The Kier molecular flexibility index (Phi) is 11.0. The van der Waals surface area contributed by atoms with E-state index in [9.17, 15) is 13.8 Å². The average molecular weight is 696 g/mol. The van der Waals surface area contributed by atoms with E-state index in [1.165, 1.54) is 0 Å². The topological polar surface area (TPSA) is 124 Å². The number of urea groups is 1. The van der Waals surface area contributed by atoms with Crippen molar-refractivity contribution in [2.75, 3.05) is 113 Å². The first-order valence-corrected chi connectivity index (χ1v) is 17.9. The summed E-state index contributed by atoms with van der Waals surface area (Å²) in [6, 6.07) is 8.08. The van der Waals surface area contributed by atoms with Crippen LogP contribution in [0, 0.1) is 0 Å². The molecular weight excluding hydrogens is 655 g/mol. The minimum absolute atomic E-state index is 0.0659. The number of anilines is 3. The molecule has 46 heavy (non-hydrogen) atoms. The number of halogens is 2. The Morgan fingerprint density at radius 1 is 0.826 bits per heavy atom. The number of hydrogen-bond donors (Lipinski definition) is 1. The van der Waals surface area contributed by atoms with Gasteiger partial charge in [-0.1, -0.05) is 11.6 Å². The Morgan fingerprint density at radius 3 is 2.09 bits per heavy atom. The smallest absolute Gasteiger partial charge is 0.320 e. The highest BCUT2D eigenvalue weighted by Crippen LogP contribution is 2.32. The number of amides is 3. The van der Waals surface area contributed by atoms with E-state index in [-0.39, 0.29) is 17.4 Å². The number of morpholine rings is 2. The summed E-state index contributed by atoms with van der Waals surface area (Å²) >= 11 is 11.2. The molecule has 1 aromatic heterocycles. The molecule has 4 saturated heterocycles. The second-order valence-electron chi connectivity index (χ2n) is 11.7. The lowest BCUT2D eigenvalue weighted by Gasteiger charge is -2.36. The van der Waals surface area contributed by atoms with Crippen molar-refractivity contribution in [3.05, 3.63) is 35.0 Å². The highest BCUT2D eigenvalue weighted by atomic mass is 35.5. The highest BCUT2D eigenvalue weighted by molar-refractivity contribution is 7.85. The fraction of sp³-hybridized carbons (Fsp3) is 0.600. The molecule has 13 nitrogen and oxygen atoms in total. The van der Waals surface area contributed by atoms with Gasteiger partial charge in [0, 0.05) is 94.4 Å². The number of aromatic nitrogens is 2. The Hall–Kier alpha value is -2.91. The largest absolute Gasteiger partial charge is 0.378 e. The van der Waals surface area contributed by atoms with Crippen LogP contribution in [0.2, 0.25) is 5.02 Å². The van der Waals surface area contributed by atoms with Crippen molar-refractivity contribution in [1.82, 2.24) is 24.7 Å². The van der Waals surface area contributed by atoms with E-state index in [1.54, 1.807) is 4.90 Å². The molecule has 5 aliphatic heterocycles. The predicted octanol–water partition coefficient (Wildman–Crippen LogP) is 2.74. The van der Waals surface area contributed by atoms with Gasteiger partial charge in [-0.15, -0.1) is 0 Å². The molecule has 3 amide bonds. The molecule has 2 aromatic rings. The van der Waals surface area contributed by atoms with Crippen LogP contribution < -0.4 is 15.1 Å². The van der Waals surface area contributed by atoms with E-state index >= 15 is 0 Å². The third-order valence-corrected chi connectivity index (χ3v) is 10.7. The zero-order chi connectivity index (χ0) is 32.0. The summed E-state index contributed by atoms with van der Waals surface area (Å²) in [5.41, 5.74) is 2.04. The maximum absolute atomic E-state index is 12.9. The number of hydrogen-bond acceptors (Lipinski definition) is 10. The molecule has 6 heterocycles. The molecule has 0 spiro atoms. The second-order valence-corrected chi connectivity index (χ2v) is 14.0. The summed E-state index contributed by atoms with van der Waals surface area (Å²) in [5.74, 6) is 1.94. The highest BCUT2D eigenvalue weighted by Gasteiger charge is 2.33. The third-order valence-electron chi connectivity index (χ3n) is 8.77. The quantitative estimate of drug-likeness (QED) is 0.378. The fourth-order valence-corrected chi connectivity index (χ4v) is 7.79. The van der Waals surface area contributed by atoms with Gasteiger partial charge in [0.1, 0.15) is 10.7 Å². The molecule has 4 fully saturated rings. The van der Waals surface area contributed by atoms with Gasteiger partial charge in [-0.05, 0) is 42.3 Å². The molecule has 2 atom stereocenters.